The summed E-state index contributed by atoms with van der Waals surface area (Å²) in [4.78, 5) is 10.9. The van der Waals surface area contributed by atoms with E-state index in [1.807, 2.05) is 0 Å². The second-order valence-corrected chi connectivity index (χ2v) is 2.89. The molecule has 1 atom stereocenters. The maximum atomic E-state index is 12.0. The molecule has 0 aliphatic heterocycles. The first-order valence-corrected chi connectivity index (χ1v) is 4.27. The van der Waals surface area contributed by atoms with E-state index in [4.69, 9.17) is 9.47 Å². The molecule has 0 heterocycles. The molecular formula is C9H13F3O4. The van der Waals surface area contributed by atoms with Crippen LogP contribution in [0.15, 0.2) is 12.2 Å². The van der Waals surface area contributed by atoms with Gasteiger partial charge in [-0.15, -0.1) is 0 Å². The van der Waals surface area contributed by atoms with Crippen molar-refractivity contribution >= 4 is 5.97 Å². The number of methoxy groups -OCH3 is 2. The van der Waals surface area contributed by atoms with Crippen LogP contribution in [0.25, 0.3) is 0 Å². The fourth-order valence-corrected chi connectivity index (χ4v) is 0.742. The van der Waals surface area contributed by atoms with Crippen LogP contribution in [-0.2, 0) is 19.0 Å². The predicted octanol–water partition coefficient (Wildman–Crippen LogP) is 1.31. The highest BCUT2D eigenvalue weighted by Crippen LogP contribution is 2.24. The zero-order valence-electron chi connectivity index (χ0n) is 8.97. The van der Waals surface area contributed by atoms with Gasteiger partial charge in [0.2, 0.25) is 0 Å². The van der Waals surface area contributed by atoms with Crippen LogP contribution in [0.3, 0.4) is 0 Å². The smallest absolute Gasteiger partial charge is 0.422 e. The molecule has 0 N–H and O–H groups in total. The first-order chi connectivity index (χ1) is 7.32. The Morgan fingerprint density at radius 1 is 1.31 bits per heavy atom. The number of hydrogen-bond donors (Lipinski definition) is 0. The van der Waals surface area contributed by atoms with E-state index in [2.05, 4.69) is 11.3 Å². The van der Waals surface area contributed by atoms with E-state index in [0.29, 0.717) is 0 Å². The molecule has 0 aliphatic carbocycles. The molecule has 0 aromatic rings. The minimum absolute atomic E-state index is 0.113. The van der Waals surface area contributed by atoms with Gasteiger partial charge in [0.1, 0.15) is 18.3 Å². The molecule has 0 bridgehead atoms. The third-order valence-corrected chi connectivity index (χ3v) is 1.67. The molecule has 0 radical (unpaired) electrons. The van der Waals surface area contributed by atoms with Crippen molar-refractivity contribution in [2.24, 2.45) is 0 Å². The summed E-state index contributed by atoms with van der Waals surface area (Å²) >= 11 is 0. The summed E-state index contributed by atoms with van der Waals surface area (Å²) in [5, 5.41) is 0. The van der Waals surface area contributed by atoms with Crippen molar-refractivity contribution in [2.75, 3.05) is 27.4 Å². The summed E-state index contributed by atoms with van der Waals surface area (Å²) in [6.45, 7) is 2.40. The Morgan fingerprint density at radius 3 is 2.25 bits per heavy atom. The molecule has 0 aromatic heterocycles. The van der Waals surface area contributed by atoms with Crippen LogP contribution in [-0.4, -0.2) is 45.7 Å². The second kappa shape index (κ2) is 6.49. The Labute approximate surface area is 91.0 Å². The lowest BCUT2D eigenvalue weighted by atomic mass is 10.3. The summed E-state index contributed by atoms with van der Waals surface area (Å²) in [7, 11) is 2.72. The molecular weight excluding hydrogens is 229 g/mol. The Bertz CT molecular complexity index is 250. The van der Waals surface area contributed by atoms with Crippen molar-refractivity contribution in [3.63, 3.8) is 0 Å². The minimum Gasteiger partial charge on any atom is -0.459 e. The third kappa shape index (κ3) is 5.13. The fourth-order valence-electron chi connectivity index (χ4n) is 0.742. The lowest BCUT2D eigenvalue weighted by Gasteiger charge is -2.15. The third-order valence-electron chi connectivity index (χ3n) is 1.67. The maximum Gasteiger partial charge on any atom is 0.422 e. The number of hydrogen-bond acceptors (Lipinski definition) is 4. The molecule has 4 nitrogen and oxygen atoms in total. The summed E-state index contributed by atoms with van der Waals surface area (Å²) in [5.41, 5.74) is -1.54. The van der Waals surface area contributed by atoms with Crippen molar-refractivity contribution in [1.29, 1.82) is 0 Å². The van der Waals surface area contributed by atoms with Gasteiger partial charge in [0.25, 0.3) is 0 Å². The first-order valence-electron chi connectivity index (χ1n) is 4.27. The van der Waals surface area contributed by atoms with Crippen LogP contribution in [0.5, 0.6) is 0 Å². The summed E-state index contributed by atoms with van der Waals surface area (Å²) < 4.78 is 49.9. The summed E-state index contributed by atoms with van der Waals surface area (Å²) in [5.74, 6) is -1.51. The van der Waals surface area contributed by atoms with Crippen molar-refractivity contribution in [2.45, 2.75) is 12.3 Å². The number of esters is 1. The van der Waals surface area contributed by atoms with Gasteiger partial charge in [-0.1, -0.05) is 6.58 Å². The highest BCUT2D eigenvalue weighted by atomic mass is 19.4. The van der Waals surface area contributed by atoms with E-state index in [1.54, 1.807) is 0 Å². The van der Waals surface area contributed by atoms with Crippen LogP contribution in [0.1, 0.15) is 0 Å². The van der Waals surface area contributed by atoms with Crippen molar-refractivity contribution in [1.82, 2.24) is 0 Å². The fraction of sp³-hybridized carbons (Fsp3) is 0.667. The Hall–Kier alpha value is -1.08. The standard InChI is InChI=1S/C9H13F3O4/c1-6(9(10,11)12)8(13)16-5-7(15-3)4-14-2/h7H,1,4-5H2,2-3H3. The summed E-state index contributed by atoms with van der Waals surface area (Å²) in [6, 6.07) is 0. The highest BCUT2D eigenvalue weighted by molar-refractivity contribution is 5.89. The molecule has 0 aromatic carbocycles. The van der Waals surface area contributed by atoms with Gasteiger partial charge in [-0.05, 0) is 0 Å². The van der Waals surface area contributed by atoms with Gasteiger partial charge in [0.15, 0.2) is 0 Å². The van der Waals surface area contributed by atoms with Crippen LogP contribution in [0, 0.1) is 0 Å². The number of rotatable bonds is 6. The predicted molar refractivity (Wildman–Crippen MR) is 48.8 cm³/mol. The highest BCUT2D eigenvalue weighted by Gasteiger charge is 2.38. The van der Waals surface area contributed by atoms with Crippen LogP contribution < -0.4 is 0 Å². The van der Waals surface area contributed by atoms with E-state index < -0.39 is 23.8 Å². The second-order valence-electron chi connectivity index (χ2n) is 2.89. The average Bonchev–Trinajstić information content (AvgIpc) is 2.21. The Kier molecular flexibility index (Phi) is 6.05. The van der Waals surface area contributed by atoms with Crippen LogP contribution in [0.4, 0.5) is 13.2 Å². The van der Waals surface area contributed by atoms with Gasteiger partial charge >= 0.3 is 12.1 Å². The van der Waals surface area contributed by atoms with Gasteiger partial charge in [-0.3, -0.25) is 0 Å². The zero-order chi connectivity index (χ0) is 12.8. The number of ether oxygens (including phenoxy) is 3. The van der Waals surface area contributed by atoms with Gasteiger partial charge in [-0.2, -0.15) is 13.2 Å². The van der Waals surface area contributed by atoms with Crippen molar-refractivity contribution in [3.05, 3.63) is 12.2 Å². The zero-order valence-corrected chi connectivity index (χ0v) is 8.97. The van der Waals surface area contributed by atoms with Gasteiger partial charge < -0.3 is 14.2 Å². The van der Waals surface area contributed by atoms with E-state index in [9.17, 15) is 18.0 Å². The molecule has 0 saturated carbocycles. The Morgan fingerprint density at radius 2 is 1.88 bits per heavy atom. The topological polar surface area (TPSA) is 44.8 Å². The minimum atomic E-state index is -4.78. The van der Waals surface area contributed by atoms with E-state index in [-0.39, 0.29) is 13.2 Å². The van der Waals surface area contributed by atoms with Gasteiger partial charge in [0.05, 0.1) is 6.61 Å². The van der Waals surface area contributed by atoms with Crippen molar-refractivity contribution < 1.29 is 32.2 Å². The van der Waals surface area contributed by atoms with Gasteiger partial charge in [-0.25, -0.2) is 4.79 Å². The maximum absolute atomic E-state index is 12.0. The molecule has 0 fully saturated rings. The number of alkyl halides is 3. The molecule has 7 heteroatoms. The lowest BCUT2D eigenvalue weighted by molar-refractivity contribution is -0.154. The van der Waals surface area contributed by atoms with Crippen LogP contribution in [0.2, 0.25) is 0 Å². The molecule has 0 aliphatic rings. The quantitative estimate of drug-likeness (QED) is 0.520. The number of carbonyl (C=O) groups excluding carboxylic acids is 1. The number of halogens is 3. The molecule has 0 saturated heterocycles. The molecule has 1 unspecified atom stereocenters. The molecule has 0 rings (SSSR count). The van der Waals surface area contributed by atoms with Crippen LogP contribution >= 0.6 is 0 Å². The molecule has 16 heavy (non-hydrogen) atoms. The van der Waals surface area contributed by atoms with Gasteiger partial charge in [0, 0.05) is 14.2 Å². The van der Waals surface area contributed by atoms with Crippen molar-refractivity contribution in [3.8, 4) is 0 Å². The molecule has 94 valence electrons. The first kappa shape index (κ1) is 14.9. The monoisotopic (exact) mass is 242 g/mol. The van der Waals surface area contributed by atoms with E-state index in [1.165, 1.54) is 14.2 Å². The van der Waals surface area contributed by atoms with E-state index >= 15 is 0 Å². The van der Waals surface area contributed by atoms with E-state index in [0.717, 1.165) is 0 Å². The Balaban J connectivity index is 4.11. The number of carbonyl (C=O) groups is 1. The average molecular weight is 242 g/mol. The molecule has 0 amide bonds. The lowest BCUT2D eigenvalue weighted by Crippen LogP contribution is -2.28. The molecule has 0 spiro atoms. The summed E-state index contributed by atoms with van der Waals surface area (Å²) in [6.07, 6.45) is -5.38. The largest absolute Gasteiger partial charge is 0.459 e. The normalized spacial score (nSPS) is 13.3. The SMILES string of the molecule is C=C(C(=O)OCC(COC)OC)C(F)(F)F.